The number of rotatable bonds is 13. The van der Waals surface area contributed by atoms with E-state index in [9.17, 15) is 0 Å². The van der Waals surface area contributed by atoms with Crippen molar-refractivity contribution in [3.05, 3.63) is 470 Å². The molecule has 10 heteroatoms. The van der Waals surface area contributed by atoms with Gasteiger partial charge in [0.15, 0.2) is 29.1 Å². The molecule has 3 aliphatic carbocycles. The summed E-state index contributed by atoms with van der Waals surface area (Å²) in [6.45, 7) is 13.9. The molecule has 135 heavy (non-hydrogen) atoms. The molecule has 0 saturated heterocycles. The average molecular weight is 1730 g/mol. The van der Waals surface area contributed by atoms with Crippen LogP contribution >= 0.6 is 0 Å². The molecule has 3 aliphatic rings. The number of pyridine rings is 3. The van der Waals surface area contributed by atoms with Gasteiger partial charge in [0.25, 0.3) is 0 Å². The van der Waals surface area contributed by atoms with E-state index in [1.165, 1.54) is 77.9 Å². The molecule has 6 heterocycles. The fraction of sp³-hybridized carbons (Fsp3) is 0.0720. The third-order valence-corrected chi connectivity index (χ3v) is 27.0. The zero-order chi connectivity index (χ0) is 90.9. The maximum Gasteiger partial charge on any atom is 0.164 e. The maximum absolute atomic E-state index is 5.25. The first kappa shape index (κ1) is 82.3. The minimum atomic E-state index is -0.206. The van der Waals surface area contributed by atoms with E-state index in [0.29, 0.717) is 29.1 Å². The van der Waals surface area contributed by atoms with E-state index in [1.807, 2.05) is 109 Å². The van der Waals surface area contributed by atoms with E-state index in [1.54, 1.807) is 0 Å². The second-order valence-corrected chi connectivity index (χ2v) is 36.4. The van der Waals surface area contributed by atoms with E-state index >= 15 is 0 Å². The molecule has 6 aromatic heterocycles. The lowest BCUT2D eigenvalue weighted by atomic mass is 9.78. The maximum atomic E-state index is 5.25. The van der Waals surface area contributed by atoms with Gasteiger partial charge < -0.3 is 0 Å². The number of aromatic nitrogens is 10. The molecule has 0 amide bonds. The Hall–Kier alpha value is -17.1. The van der Waals surface area contributed by atoms with E-state index in [4.69, 9.17) is 49.8 Å². The summed E-state index contributed by atoms with van der Waals surface area (Å²) in [4.78, 5) is 50.9. The van der Waals surface area contributed by atoms with Gasteiger partial charge in [-0.15, -0.1) is 0 Å². The Labute approximate surface area is 785 Å². The van der Waals surface area contributed by atoms with Crippen molar-refractivity contribution in [1.82, 2.24) is 49.8 Å². The van der Waals surface area contributed by atoms with Crippen LogP contribution in [0.25, 0.3) is 213 Å². The molecule has 0 atom stereocenters. The fourth-order valence-corrected chi connectivity index (χ4v) is 20.5. The Bertz CT molecular complexity index is 7920. The standard InChI is InChI=1S/C46H33N3.C40H29N3.C39H28N4/c1-46(2)38-22-11-9-20-36(38)44-43(46)42(37-21-10-12-23-39(37)47-44)35-19-13-18-34(28-35)41-29-40(48-45(49-41)33-16-7-4-8-17-33)32-26-24-31(25-27-32)30-14-5-3-6-15-30;1-40(2)32-22-11-9-20-30(32)38-37(40)36(31-21-10-12-23-33(31)41-38)29-19-13-18-28(24-29)35-25-34(26-14-5-3-6-15-26)42-39(43-35)27-16-7-4-8-17-27;1-39(2)31-22-11-9-20-29(31)35-34(39)33(30-21-10-12-23-32(30)40-35)27-18-13-19-28(24-27)38-42-36(25-14-5-3-6-15-25)41-37(43-38)26-16-7-4-8-17-26/h3-29H,1-2H3;3-25H,1-2H3;3-24H,1-2H3. The van der Waals surface area contributed by atoms with Gasteiger partial charge in [-0.1, -0.05) is 430 Å². The molecule has 0 aliphatic heterocycles. The van der Waals surface area contributed by atoms with Gasteiger partial charge in [0.1, 0.15) is 0 Å². The number of nitrogens with zero attached hydrogens (tertiary/aromatic N) is 10. The third kappa shape index (κ3) is 15.0. The molecule has 0 radical (unpaired) electrons. The van der Waals surface area contributed by atoms with Crippen LogP contribution in [0.3, 0.4) is 0 Å². The van der Waals surface area contributed by atoms with Crippen LogP contribution in [-0.4, -0.2) is 49.8 Å². The molecule has 10 nitrogen and oxygen atoms in total. The zero-order valence-corrected chi connectivity index (χ0v) is 75.5. The first-order chi connectivity index (χ1) is 66.2. The lowest BCUT2D eigenvalue weighted by Crippen LogP contribution is -2.16. The summed E-state index contributed by atoms with van der Waals surface area (Å²) in [6, 6.07) is 152. The summed E-state index contributed by atoms with van der Waals surface area (Å²) in [7, 11) is 0. The number of fused-ring (bicyclic) bond motifs is 12. The molecule has 0 unspecified atom stereocenters. The molecular weight excluding hydrogens is 1640 g/mol. The summed E-state index contributed by atoms with van der Waals surface area (Å²) in [6.07, 6.45) is 0. The van der Waals surface area contributed by atoms with Crippen molar-refractivity contribution in [1.29, 1.82) is 0 Å². The van der Waals surface area contributed by atoms with Crippen molar-refractivity contribution in [2.24, 2.45) is 0 Å². The molecule has 25 rings (SSSR count). The number of hydrogen-bond donors (Lipinski definition) is 0. The molecule has 0 fully saturated rings. The van der Waals surface area contributed by atoms with Crippen LogP contribution in [0.15, 0.2) is 437 Å². The van der Waals surface area contributed by atoms with E-state index < -0.39 is 0 Å². The SMILES string of the molecule is CC1(C)c2ccccc2-c2nc3ccccc3c(-c3cccc(-c4cc(-c5ccc(-c6ccccc6)cc5)nc(-c5ccccc5)n4)c3)c21.CC1(C)c2ccccc2-c2nc3ccccc3c(-c3cccc(-c4cc(-c5ccccc5)nc(-c5ccccc5)n4)c3)c21.CC1(C)c2ccccc2-c2nc3ccccc3c(-c3cccc(-c4nc(-c5ccccc5)nc(-c5ccccc5)n4)c3)c21. The minimum Gasteiger partial charge on any atom is -0.247 e. The molecule has 0 bridgehead atoms. The van der Waals surface area contributed by atoms with Gasteiger partial charge in [0.05, 0.1) is 56.4 Å². The largest absolute Gasteiger partial charge is 0.247 e. The van der Waals surface area contributed by atoms with Crippen molar-refractivity contribution in [3.8, 4) is 180 Å². The van der Waals surface area contributed by atoms with Gasteiger partial charge in [-0.05, 0) is 126 Å². The second-order valence-electron chi connectivity index (χ2n) is 36.4. The predicted octanol–water partition coefficient (Wildman–Crippen LogP) is 31.1. The number of hydrogen-bond acceptors (Lipinski definition) is 10. The molecule has 640 valence electrons. The Morgan fingerprint density at radius 3 is 0.719 bits per heavy atom. The van der Waals surface area contributed by atoms with Crippen LogP contribution in [0, 0.1) is 0 Å². The van der Waals surface area contributed by atoms with Crippen molar-refractivity contribution in [3.63, 3.8) is 0 Å². The van der Waals surface area contributed by atoms with E-state index in [0.717, 1.165) is 139 Å². The Morgan fingerprint density at radius 1 is 0.156 bits per heavy atom. The monoisotopic (exact) mass is 1730 g/mol. The van der Waals surface area contributed by atoms with Crippen LogP contribution in [0.4, 0.5) is 0 Å². The van der Waals surface area contributed by atoms with E-state index in [-0.39, 0.29) is 16.2 Å². The number of para-hydroxylation sites is 3. The average Bonchev–Trinajstić information content (AvgIpc) is 1.57. The van der Waals surface area contributed by atoms with Crippen LogP contribution < -0.4 is 0 Å². The predicted molar refractivity (Wildman–Crippen MR) is 553 cm³/mol. The normalized spacial score (nSPS) is 13.0. The summed E-state index contributed by atoms with van der Waals surface area (Å²) in [5.74, 6) is 3.38. The highest BCUT2D eigenvalue weighted by Gasteiger charge is 2.43. The van der Waals surface area contributed by atoms with Crippen LogP contribution in [0.1, 0.15) is 74.9 Å². The van der Waals surface area contributed by atoms with Crippen LogP contribution in [0.2, 0.25) is 0 Å². The van der Waals surface area contributed by atoms with Crippen LogP contribution in [-0.2, 0) is 16.2 Å². The molecular formula is C125H90N10. The van der Waals surface area contributed by atoms with Gasteiger partial charge in [-0.25, -0.2) is 49.8 Å². The van der Waals surface area contributed by atoms with Crippen molar-refractivity contribution >= 4 is 32.7 Å². The summed E-state index contributed by atoms with van der Waals surface area (Å²) < 4.78 is 0. The highest BCUT2D eigenvalue weighted by molar-refractivity contribution is 6.06. The molecule has 22 aromatic rings. The molecule has 0 spiro atoms. The van der Waals surface area contributed by atoms with Crippen molar-refractivity contribution < 1.29 is 0 Å². The second kappa shape index (κ2) is 34.0. The van der Waals surface area contributed by atoms with Gasteiger partial charge in [0.2, 0.25) is 0 Å². The van der Waals surface area contributed by atoms with Crippen LogP contribution in [0.5, 0.6) is 0 Å². The van der Waals surface area contributed by atoms with Gasteiger partial charge in [-0.2, -0.15) is 0 Å². The van der Waals surface area contributed by atoms with Gasteiger partial charge in [-0.3, -0.25) is 0 Å². The smallest absolute Gasteiger partial charge is 0.164 e. The molecule has 0 N–H and O–H groups in total. The third-order valence-electron chi connectivity index (χ3n) is 27.0. The van der Waals surface area contributed by atoms with E-state index in [2.05, 4.69) is 369 Å². The van der Waals surface area contributed by atoms with Gasteiger partial charge in [0, 0.05) is 99.2 Å². The summed E-state index contributed by atoms with van der Waals surface area (Å²) in [5.41, 5.74) is 39.2. The lowest BCUT2D eigenvalue weighted by molar-refractivity contribution is 0.661. The lowest BCUT2D eigenvalue weighted by Gasteiger charge is -2.25. The zero-order valence-electron chi connectivity index (χ0n) is 75.5. The number of benzene rings is 16. The first-order valence-electron chi connectivity index (χ1n) is 46.1. The highest BCUT2D eigenvalue weighted by Crippen LogP contribution is 2.57. The minimum absolute atomic E-state index is 0.190. The van der Waals surface area contributed by atoms with Crippen molar-refractivity contribution in [2.45, 2.75) is 57.8 Å². The Morgan fingerprint density at radius 2 is 0.378 bits per heavy atom. The van der Waals surface area contributed by atoms with Gasteiger partial charge >= 0.3 is 0 Å². The Balaban J connectivity index is 0.000000114. The fourth-order valence-electron chi connectivity index (χ4n) is 20.5. The Kier molecular flexibility index (Phi) is 20.7. The first-order valence-corrected chi connectivity index (χ1v) is 46.1. The summed E-state index contributed by atoms with van der Waals surface area (Å²) in [5, 5.41) is 3.47. The van der Waals surface area contributed by atoms with Crippen molar-refractivity contribution in [2.75, 3.05) is 0 Å². The quantitative estimate of drug-likeness (QED) is 0.110. The highest BCUT2D eigenvalue weighted by atomic mass is 15.0. The molecule has 0 saturated carbocycles. The molecule has 16 aromatic carbocycles. The topological polar surface area (TPSA) is 129 Å². The summed E-state index contributed by atoms with van der Waals surface area (Å²) >= 11 is 0.